The Labute approximate surface area is 263 Å². The number of ketones is 1. The fourth-order valence-electron chi connectivity index (χ4n) is 7.40. The zero-order valence-corrected chi connectivity index (χ0v) is 25.6. The van der Waals surface area contributed by atoms with E-state index in [0.29, 0.717) is 12.0 Å². The van der Waals surface area contributed by atoms with E-state index in [1.807, 2.05) is 13.0 Å². The van der Waals surface area contributed by atoms with Crippen molar-refractivity contribution < 1.29 is 4.79 Å². The van der Waals surface area contributed by atoms with Gasteiger partial charge in [0.25, 0.3) is 0 Å². The maximum absolute atomic E-state index is 13.2. The summed E-state index contributed by atoms with van der Waals surface area (Å²) < 4.78 is 0. The SMILES string of the molecule is C=C1C(=Cc2ccc3c(c2)C2CCCC2N3c2ccc(C=C(c3ccccc3)c3ccccc3)cc2)C(=O)c2cc(C)sc21. The van der Waals surface area contributed by atoms with Crippen molar-refractivity contribution >= 4 is 51.8 Å². The third-order valence-corrected chi connectivity index (χ3v) is 10.5. The van der Waals surface area contributed by atoms with Gasteiger partial charge in [-0.2, -0.15) is 0 Å². The molecule has 0 amide bonds. The Balaban J connectivity index is 1.12. The molecule has 2 nitrogen and oxygen atoms in total. The number of nitrogens with zero attached hydrogens (tertiary/aromatic N) is 1. The van der Waals surface area contributed by atoms with Crippen LogP contribution in [0.2, 0.25) is 0 Å². The van der Waals surface area contributed by atoms with Crippen molar-refractivity contribution in [2.75, 3.05) is 4.90 Å². The minimum Gasteiger partial charge on any atom is -0.338 e. The molecular weight excluding hydrogens is 555 g/mol. The zero-order chi connectivity index (χ0) is 29.8. The van der Waals surface area contributed by atoms with Gasteiger partial charge in [0.15, 0.2) is 5.78 Å². The Morgan fingerprint density at radius 2 is 1.52 bits per heavy atom. The number of rotatable bonds is 5. The highest BCUT2D eigenvalue weighted by molar-refractivity contribution is 7.14. The van der Waals surface area contributed by atoms with Gasteiger partial charge in [0.2, 0.25) is 0 Å². The maximum atomic E-state index is 13.2. The number of fused-ring (bicyclic) bond motifs is 4. The van der Waals surface area contributed by atoms with E-state index < -0.39 is 0 Å². The molecule has 4 aromatic carbocycles. The predicted molar refractivity (Wildman–Crippen MR) is 186 cm³/mol. The molecule has 1 aromatic heterocycles. The van der Waals surface area contributed by atoms with E-state index in [0.717, 1.165) is 32.0 Å². The molecule has 1 aliphatic heterocycles. The predicted octanol–water partition coefficient (Wildman–Crippen LogP) is 10.7. The summed E-state index contributed by atoms with van der Waals surface area (Å²) >= 11 is 1.66. The van der Waals surface area contributed by atoms with Crippen LogP contribution in [0.1, 0.15) is 73.1 Å². The molecule has 44 heavy (non-hydrogen) atoms. The third kappa shape index (κ3) is 4.51. The lowest BCUT2D eigenvalue weighted by atomic mass is 9.95. The van der Waals surface area contributed by atoms with Gasteiger partial charge >= 0.3 is 0 Å². The Morgan fingerprint density at radius 1 is 0.841 bits per heavy atom. The molecule has 1 saturated carbocycles. The number of thiophene rings is 1. The lowest BCUT2D eigenvalue weighted by molar-refractivity contribution is 0.104. The molecule has 214 valence electrons. The van der Waals surface area contributed by atoms with Crippen molar-refractivity contribution in [3.8, 4) is 0 Å². The van der Waals surface area contributed by atoms with Gasteiger partial charge in [-0.1, -0.05) is 91.9 Å². The van der Waals surface area contributed by atoms with Gasteiger partial charge in [-0.05, 0) is 101 Å². The first-order valence-corrected chi connectivity index (χ1v) is 16.3. The average molecular weight is 588 g/mol. The number of hydrogen-bond donors (Lipinski definition) is 0. The topological polar surface area (TPSA) is 20.3 Å². The first-order chi connectivity index (χ1) is 21.5. The molecule has 0 bridgehead atoms. The number of Topliss-reactive ketones (excluding diaryl/α,β-unsaturated/α-hetero) is 1. The van der Waals surface area contributed by atoms with Crippen LogP contribution in [-0.2, 0) is 0 Å². The van der Waals surface area contributed by atoms with Crippen LogP contribution < -0.4 is 4.90 Å². The van der Waals surface area contributed by atoms with E-state index in [9.17, 15) is 4.79 Å². The third-order valence-electron chi connectivity index (χ3n) is 9.43. The van der Waals surface area contributed by atoms with E-state index >= 15 is 0 Å². The van der Waals surface area contributed by atoms with E-state index in [4.69, 9.17) is 0 Å². The second-order valence-corrected chi connectivity index (χ2v) is 13.4. The van der Waals surface area contributed by atoms with Crippen molar-refractivity contribution in [2.24, 2.45) is 0 Å². The van der Waals surface area contributed by atoms with Crippen LogP contribution in [0.4, 0.5) is 11.4 Å². The summed E-state index contributed by atoms with van der Waals surface area (Å²) in [5.74, 6) is 0.615. The van der Waals surface area contributed by atoms with Gasteiger partial charge in [-0.25, -0.2) is 0 Å². The first-order valence-electron chi connectivity index (χ1n) is 15.5. The number of carbonyl (C=O) groups is 1. The molecule has 3 aliphatic rings. The Hall–Kier alpha value is -4.73. The quantitative estimate of drug-likeness (QED) is 0.151. The fourth-order valence-corrected chi connectivity index (χ4v) is 8.39. The molecular formula is C41H33NOS. The molecule has 0 N–H and O–H groups in total. The molecule has 2 heterocycles. The van der Waals surface area contributed by atoms with Crippen LogP contribution in [0.25, 0.3) is 23.3 Å². The van der Waals surface area contributed by atoms with Crippen LogP contribution in [-0.4, -0.2) is 11.8 Å². The van der Waals surface area contributed by atoms with E-state index in [1.165, 1.54) is 58.5 Å². The van der Waals surface area contributed by atoms with Crippen LogP contribution in [0.3, 0.4) is 0 Å². The monoisotopic (exact) mass is 587 g/mol. The maximum Gasteiger partial charge on any atom is 0.195 e. The Kier molecular flexibility index (Phi) is 6.57. The molecule has 2 unspecified atom stereocenters. The van der Waals surface area contributed by atoms with Crippen molar-refractivity contribution in [1.29, 1.82) is 0 Å². The lowest BCUT2D eigenvalue weighted by Crippen LogP contribution is -2.26. The minimum absolute atomic E-state index is 0.104. The number of benzene rings is 4. The molecule has 2 aliphatic carbocycles. The van der Waals surface area contributed by atoms with Gasteiger partial charge in [0.1, 0.15) is 0 Å². The van der Waals surface area contributed by atoms with Gasteiger partial charge < -0.3 is 4.90 Å². The van der Waals surface area contributed by atoms with Crippen molar-refractivity contribution in [3.63, 3.8) is 0 Å². The molecule has 1 fully saturated rings. The summed E-state index contributed by atoms with van der Waals surface area (Å²) in [5.41, 5.74) is 12.3. The number of allylic oxidation sites excluding steroid dienone is 2. The Bertz CT molecular complexity index is 1900. The number of anilines is 2. The number of hydrogen-bond acceptors (Lipinski definition) is 3. The second kappa shape index (κ2) is 10.8. The van der Waals surface area contributed by atoms with Gasteiger partial charge in [0, 0.05) is 44.2 Å². The average Bonchev–Trinajstić information content (AvgIpc) is 3.81. The first kappa shape index (κ1) is 26.9. The summed E-state index contributed by atoms with van der Waals surface area (Å²) in [7, 11) is 0. The minimum atomic E-state index is 0.104. The molecule has 2 atom stereocenters. The zero-order valence-electron chi connectivity index (χ0n) is 24.8. The van der Waals surface area contributed by atoms with E-state index in [2.05, 4.69) is 127 Å². The fraction of sp³-hybridized carbons (Fsp3) is 0.146. The van der Waals surface area contributed by atoms with Crippen molar-refractivity contribution in [3.05, 3.63) is 164 Å². The standard InChI is InChI=1S/C41H33NOS/c1-26-22-37-40(43)34(27(2)41(37)44-26)24-29-18-21-39-36(25-29)33-14-9-15-38(33)42(39)32-19-16-28(17-20-32)23-35(30-10-5-3-6-11-30)31-12-7-4-8-13-31/h3-8,10-13,16-25,33,38H,2,9,14-15H2,1H3. The molecule has 8 rings (SSSR count). The van der Waals surface area contributed by atoms with Crippen molar-refractivity contribution in [2.45, 2.75) is 38.1 Å². The summed E-state index contributed by atoms with van der Waals surface area (Å²) in [4.78, 5) is 17.9. The van der Waals surface area contributed by atoms with Crippen LogP contribution in [0, 0.1) is 6.92 Å². The molecule has 3 heteroatoms. The Morgan fingerprint density at radius 3 is 2.20 bits per heavy atom. The molecule has 0 saturated heterocycles. The summed E-state index contributed by atoms with van der Waals surface area (Å²) in [5, 5.41) is 0. The highest BCUT2D eigenvalue weighted by atomic mass is 32.1. The molecule has 0 radical (unpaired) electrons. The van der Waals surface area contributed by atoms with E-state index in [1.54, 1.807) is 11.3 Å². The number of aryl methyl sites for hydroxylation is 1. The highest BCUT2D eigenvalue weighted by Crippen LogP contribution is 2.53. The van der Waals surface area contributed by atoms with Crippen LogP contribution in [0.15, 0.2) is 121 Å². The second-order valence-electron chi connectivity index (χ2n) is 12.1. The summed E-state index contributed by atoms with van der Waals surface area (Å²) in [6.45, 7) is 6.33. The summed E-state index contributed by atoms with van der Waals surface area (Å²) in [6, 6.07) is 39.5. The van der Waals surface area contributed by atoms with Crippen LogP contribution in [0.5, 0.6) is 0 Å². The highest BCUT2D eigenvalue weighted by Gasteiger charge is 2.42. The van der Waals surface area contributed by atoms with Gasteiger partial charge in [-0.3, -0.25) is 4.79 Å². The lowest BCUT2D eigenvalue weighted by Gasteiger charge is -2.27. The van der Waals surface area contributed by atoms with E-state index in [-0.39, 0.29) is 5.78 Å². The van der Waals surface area contributed by atoms with Crippen molar-refractivity contribution in [1.82, 2.24) is 0 Å². The van der Waals surface area contributed by atoms with Crippen LogP contribution >= 0.6 is 11.3 Å². The normalized spacial score (nSPS) is 19.3. The van der Waals surface area contributed by atoms with Gasteiger partial charge in [0.05, 0.1) is 0 Å². The molecule has 0 spiro atoms. The smallest absolute Gasteiger partial charge is 0.195 e. The number of carbonyl (C=O) groups excluding carboxylic acids is 1. The van der Waals surface area contributed by atoms with Gasteiger partial charge in [-0.15, -0.1) is 11.3 Å². The largest absolute Gasteiger partial charge is 0.338 e. The summed E-state index contributed by atoms with van der Waals surface area (Å²) in [6.07, 6.45) is 7.98. The molecule has 5 aromatic rings.